The van der Waals surface area contributed by atoms with Crippen molar-refractivity contribution in [2.24, 2.45) is 5.73 Å². The van der Waals surface area contributed by atoms with E-state index in [0.717, 1.165) is 19.4 Å². The molecule has 0 saturated heterocycles. The molecule has 0 aliphatic heterocycles. The number of nitrogens with two attached hydrogens (primary N) is 1. The molecule has 3 N–H and O–H groups in total. The molecule has 0 atom stereocenters. The lowest BCUT2D eigenvalue weighted by Gasteiger charge is -2.03. The van der Waals surface area contributed by atoms with Crippen molar-refractivity contribution in [1.29, 1.82) is 0 Å². The van der Waals surface area contributed by atoms with Crippen LogP contribution in [-0.2, 0) is 9.53 Å². The highest BCUT2D eigenvalue weighted by molar-refractivity contribution is 5.77. The van der Waals surface area contributed by atoms with E-state index in [2.05, 4.69) is 12.2 Å². The van der Waals surface area contributed by atoms with Crippen molar-refractivity contribution in [3.05, 3.63) is 0 Å². The number of carbonyl (C=O) groups is 1. The number of hydrogen-bond acceptors (Lipinski definition) is 3. The molecule has 0 saturated carbocycles. The standard InChI is InChI=1S/C8H18N2O2/c1-2-5-12-6-3-4-10-8(11)7-9/h2-7,9H2,1H3,(H,10,11). The predicted octanol–water partition coefficient (Wildman–Crippen LogP) is -0.122. The number of nitrogens with one attached hydrogen (secondary N) is 1. The fourth-order valence-corrected chi connectivity index (χ4v) is 0.721. The minimum Gasteiger partial charge on any atom is -0.381 e. The minimum absolute atomic E-state index is 0.0653. The van der Waals surface area contributed by atoms with Crippen LogP contribution in [0.2, 0.25) is 0 Å². The summed E-state index contributed by atoms with van der Waals surface area (Å²) in [4.78, 5) is 10.6. The summed E-state index contributed by atoms with van der Waals surface area (Å²) in [5.74, 6) is -0.106. The van der Waals surface area contributed by atoms with Gasteiger partial charge in [-0.3, -0.25) is 4.79 Å². The summed E-state index contributed by atoms with van der Waals surface area (Å²) in [5.41, 5.74) is 5.09. The van der Waals surface area contributed by atoms with Gasteiger partial charge in [-0.1, -0.05) is 6.92 Å². The van der Waals surface area contributed by atoms with Gasteiger partial charge in [-0.05, 0) is 12.8 Å². The van der Waals surface area contributed by atoms with Crippen molar-refractivity contribution < 1.29 is 9.53 Å². The molecule has 4 nitrogen and oxygen atoms in total. The van der Waals surface area contributed by atoms with Crippen LogP contribution in [0.15, 0.2) is 0 Å². The molecular formula is C8H18N2O2. The number of rotatable bonds is 7. The molecule has 0 radical (unpaired) electrons. The number of hydrogen-bond donors (Lipinski definition) is 2. The fourth-order valence-electron chi connectivity index (χ4n) is 0.721. The van der Waals surface area contributed by atoms with Crippen LogP contribution in [0, 0.1) is 0 Å². The summed E-state index contributed by atoms with van der Waals surface area (Å²) >= 11 is 0. The van der Waals surface area contributed by atoms with Crippen LogP contribution in [0.3, 0.4) is 0 Å². The maximum atomic E-state index is 10.6. The van der Waals surface area contributed by atoms with E-state index < -0.39 is 0 Å². The highest BCUT2D eigenvalue weighted by atomic mass is 16.5. The van der Waals surface area contributed by atoms with E-state index in [1.165, 1.54) is 0 Å². The van der Waals surface area contributed by atoms with E-state index in [1.807, 2.05) is 0 Å². The highest BCUT2D eigenvalue weighted by Gasteiger charge is 1.94. The van der Waals surface area contributed by atoms with Crippen LogP contribution in [0.4, 0.5) is 0 Å². The summed E-state index contributed by atoms with van der Waals surface area (Å²) in [6.07, 6.45) is 1.89. The first-order valence-electron chi connectivity index (χ1n) is 4.35. The van der Waals surface area contributed by atoms with Gasteiger partial charge in [-0.25, -0.2) is 0 Å². The van der Waals surface area contributed by atoms with Gasteiger partial charge in [0.1, 0.15) is 0 Å². The van der Waals surface area contributed by atoms with E-state index in [1.54, 1.807) is 0 Å². The van der Waals surface area contributed by atoms with E-state index >= 15 is 0 Å². The predicted molar refractivity (Wildman–Crippen MR) is 47.8 cm³/mol. The molecule has 0 rings (SSSR count). The average Bonchev–Trinajstić information content (AvgIpc) is 2.10. The zero-order valence-corrected chi connectivity index (χ0v) is 7.64. The first-order chi connectivity index (χ1) is 5.81. The van der Waals surface area contributed by atoms with Crippen molar-refractivity contribution >= 4 is 5.91 Å². The van der Waals surface area contributed by atoms with Crippen molar-refractivity contribution in [3.63, 3.8) is 0 Å². The highest BCUT2D eigenvalue weighted by Crippen LogP contribution is 1.83. The molecule has 0 heterocycles. The second-order valence-corrected chi connectivity index (χ2v) is 2.52. The lowest BCUT2D eigenvalue weighted by atomic mass is 10.4. The first-order valence-corrected chi connectivity index (χ1v) is 4.35. The van der Waals surface area contributed by atoms with Crippen LogP contribution < -0.4 is 11.1 Å². The van der Waals surface area contributed by atoms with E-state index in [9.17, 15) is 4.79 Å². The Balaban J connectivity index is 2.95. The molecule has 72 valence electrons. The molecule has 4 heteroatoms. The van der Waals surface area contributed by atoms with Gasteiger partial charge in [0.25, 0.3) is 0 Å². The molecule has 0 aromatic carbocycles. The van der Waals surface area contributed by atoms with Crippen LogP contribution in [0.1, 0.15) is 19.8 Å². The Morgan fingerprint density at radius 1 is 1.50 bits per heavy atom. The maximum Gasteiger partial charge on any atom is 0.233 e. The number of amides is 1. The van der Waals surface area contributed by atoms with Gasteiger partial charge in [0.15, 0.2) is 0 Å². The molecule has 0 unspecified atom stereocenters. The van der Waals surface area contributed by atoms with Crippen LogP contribution in [-0.4, -0.2) is 32.2 Å². The molecule has 0 aliphatic carbocycles. The van der Waals surface area contributed by atoms with Gasteiger partial charge in [-0.15, -0.1) is 0 Å². The second kappa shape index (κ2) is 8.49. The monoisotopic (exact) mass is 174 g/mol. The smallest absolute Gasteiger partial charge is 0.233 e. The Bertz CT molecular complexity index is 118. The van der Waals surface area contributed by atoms with Crippen molar-refractivity contribution in [3.8, 4) is 0 Å². The molecule has 0 aromatic rings. The quantitative estimate of drug-likeness (QED) is 0.529. The van der Waals surface area contributed by atoms with Gasteiger partial charge < -0.3 is 15.8 Å². The lowest BCUT2D eigenvalue weighted by Crippen LogP contribution is -2.31. The molecule has 1 amide bonds. The molecule has 0 spiro atoms. The number of carbonyl (C=O) groups excluding carboxylic acids is 1. The van der Waals surface area contributed by atoms with E-state index in [0.29, 0.717) is 13.2 Å². The zero-order chi connectivity index (χ0) is 9.23. The average molecular weight is 174 g/mol. The van der Waals surface area contributed by atoms with Crippen molar-refractivity contribution in [2.75, 3.05) is 26.3 Å². The summed E-state index contributed by atoms with van der Waals surface area (Å²) in [7, 11) is 0. The number of ether oxygens (including phenoxy) is 1. The van der Waals surface area contributed by atoms with E-state index in [4.69, 9.17) is 10.5 Å². The maximum absolute atomic E-state index is 10.6. The Morgan fingerprint density at radius 2 is 2.25 bits per heavy atom. The summed E-state index contributed by atoms with van der Waals surface area (Å²) in [5, 5.41) is 2.67. The van der Waals surface area contributed by atoms with Gasteiger partial charge in [0.2, 0.25) is 5.91 Å². The first kappa shape index (κ1) is 11.4. The van der Waals surface area contributed by atoms with E-state index in [-0.39, 0.29) is 12.5 Å². The molecule has 0 fully saturated rings. The lowest BCUT2D eigenvalue weighted by molar-refractivity contribution is -0.119. The Kier molecular flexibility index (Phi) is 8.05. The largest absolute Gasteiger partial charge is 0.381 e. The second-order valence-electron chi connectivity index (χ2n) is 2.52. The Morgan fingerprint density at radius 3 is 2.83 bits per heavy atom. The fraction of sp³-hybridized carbons (Fsp3) is 0.875. The topological polar surface area (TPSA) is 64.3 Å². The third-order valence-electron chi connectivity index (χ3n) is 1.32. The Labute approximate surface area is 73.5 Å². The Hall–Kier alpha value is -0.610. The molecule has 0 aromatic heterocycles. The minimum atomic E-state index is -0.106. The molecule has 12 heavy (non-hydrogen) atoms. The normalized spacial score (nSPS) is 9.83. The van der Waals surface area contributed by atoms with Gasteiger partial charge in [0, 0.05) is 19.8 Å². The van der Waals surface area contributed by atoms with Crippen molar-refractivity contribution in [2.45, 2.75) is 19.8 Å². The van der Waals surface area contributed by atoms with Crippen LogP contribution in [0.25, 0.3) is 0 Å². The van der Waals surface area contributed by atoms with Crippen molar-refractivity contribution in [1.82, 2.24) is 5.32 Å². The third-order valence-corrected chi connectivity index (χ3v) is 1.32. The van der Waals surface area contributed by atoms with Crippen LogP contribution in [0.5, 0.6) is 0 Å². The third kappa shape index (κ3) is 7.50. The molecular weight excluding hydrogens is 156 g/mol. The summed E-state index contributed by atoms with van der Waals surface area (Å²) in [6, 6.07) is 0. The summed E-state index contributed by atoms with van der Waals surface area (Å²) in [6.45, 7) is 4.29. The molecule has 0 aliphatic rings. The SMILES string of the molecule is CCCOCCCNC(=O)CN. The van der Waals surface area contributed by atoms with Gasteiger partial charge >= 0.3 is 0 Å². The van der Waals surface area contributed by atoms with Gasteiger partial charge in [0.05, 0.1) is 6.54 Å². The molecule has 0 bridgehead atoms. The summed E-state index contributed by atoms with van der Waals surface area (Å²) < 4.78 is 5.22. The van der Waals surface area contributed by atoms with Gasteiger partial charge in [-0.2, -0.15) is 0 Å². The zero-order valence-electron chi connectivity index (χ0n) is 7.64. The van der Waals surface area contributed by atoms with Crippen LogP contribution >= 0.6 is 0 Å².